The zero-order valence-corrected chi connectivity index (χ0v) is 21.6. The first-order chi connectivity index (χ1) is 18.0. The van der Waals surface area contributed by atoms with Crippen molar-refractivity contribution in [1.82, 2.24) is 10.3 Å². The number of carboxylic acids is 1. The molecule has 3 N–H and O–H groups in total. The van der Waals surface area contributed by atoms with Gasteiger partial charge in [0.05, 0.1) is 6.10 Å². The van der Waals surface area contributed by atoms with Crippen molar-refractivity contribution in [3.05, 3.63) is 59.3 Å². The van der Waals surface area contributed by atoms with Crippen LogP contribution in [0.1, 0.15) is 68.2 Å². The van der Waals surface area contributed by atoms with Crippen molar-refractivity contribution in [1.29, 1.82) is 0 Å². The van der Waals surface area contributed by atoms with Gasteiger partial charge in [0.1, 0.15) is 11.9 Å². The molecule has 1 amide bonds. The first-order valence-electron chi connectivity index (χ1n) is 13.9. The van der Waals surface area contributed by atoms with Crippen molar-refractivity contribution < 1.29 is 19.4 Å². The highest BCUT2D eigenvalue weighted by atomic mass is 16.5. The molecule has 7 nitrogen and oxygen atoms in total. The average molecular weight is 506 g/mol. The van der Waals surface area contributed by atoms with E-state index >= 15 is 0 Å². The summed E-state index contributed by atoms with van der Waals surface area (Å²) in [5.74, 6) is 0.576. The van der Waals surface area contributed by atoms with Crippen LogP contribution in [0.25, 0.3) is 0 Å². The number of aryl methyl sites for hydroxylation is 3. The van der Waals surface area contributed by atoms with Gasteiger partial charge in [0.2, 0.25) is 5.91 Å². The van der Waals surface area contributed by atoms with Crippen LogP contribution >= 0.6 is 0 Å². The molecule has 2 aromatic rings. The topological polar surface area (TPSA) is 101 Å². The van der Waals surface area contributed by atoms with Crippen molar-refractivity contribution in [2.75, 3.05) is 18.5 Å². The summed E-state index contributed by atoms with van der Waals surface area (Å²) in [5.41, 5.74) is 3.27. The lowest BCUT2D eigenvalue weighted by Gasteiger charge is -2.35. The van der Waals surface area contributed by atoms with E-state index in [1.807, 2.05) is 18.2 Å². The Hall–Kier alpha value is -2.93. The minimum absolute atomic E-state index is 0.120. The van der Waals surface area contributed by atoms with E-state index < -0.39 is 17.4 Å². The van der Waals surface area contributed by atoms with Crippen molar-refractivity contribution in [2.45, 2.75) is 82.8 Å². The number of nitrogens with one attached hydrogen (secondary N) is 2. The molecule has 2 saturated carbocycles. The maximum absolute atomic E-state index is 12.9. The third-order valence-electron chi connectivity index (χ3n) is 8.39. The Bertz CT molecular complexity index is 1080. The number of hydrogen-bond acceptors (Lipinski definition) is 5. The first kappa shape index (κ1) is 25.7. The van der Waals surface area contributed by atoms with Crippen LogP contribution in [0.4, 0.5) is 5.82 Å². The first-order valence-corrected chi connectivity index (χ1v) is 13.9. The second-order valence-electron chi connectivity index (χ2n) is 11.1. The van der Waals surface area contributed by atoms with Gasteiger partial charge in [0.25, 0.3) is 0 Å². The Morgan fingerprint density at radius 1 is 1.14 bits per heavy atom. The molecule has 198 valence electrons. The number of aromatic nitrogens is 1. The summed E-state index contributed by atoms with van der Waals surface area (Å²) in [5, 5.41) is 15.9. The van der Waals surface area contributed by atoms with E-state index in [1.165, 1.54) is 17.5 Å². The third kappa shape index (κ3) is 6.69. The Morgan fingerprint density at radius 3 is 2.70 bits per heavy atom. The van der Waals surface area contributed by atoms with Crippen LogP contribution in [-0.2, 0) is 33.6 Å². The predicted molar refractivity (Wildman–Crippen MR) is 142 cm³/mol. The fourth-order valence-electron chi connectivity index (χ4n) is 5.60. The minimum atomic E-state index is -0.991. The second-order valence-corrected chi connectivity index (χ2v) is 11.1. The number of nitrogens with zero attached hydrogens (tertiary/aromatic N) is 1. The standard InChI is InChI=1S/C30H39N3O4/c34-28(35)26(33-29(36)30(15-16-30)14-12-21-5-2-1-3-6-21)13-18-37-25-19-22(20-25)8-10-24-11-9-23-7-4-17-31-27(23)32-24/h1-3,5-6,9,11,22,25-26H,4,7-8,10,12-20H2,(H,31,32)(H,33,36)(H,34,35)/t22?,25?,26-/m0/s1. The Kier molecular flexibility index (Phi) is 8.08. The maximum Gasteiger partial charge on any atom is 0.326 e. The molecule has 7 heteroatoms. The van der Waals surface area contributed by atoms with Gasteiger partial charge in [-0.1, -0.05) is 36.4 Å². The van der Waals surface area contributed by atoms with Gasteiger partial charge in [0.15, 0.2) is 0 Å². The monoisotopic (exact) mass is 505 g/mol. The number of anilines is 1. The van der Waals surface area contributed by atoms with Crippen LogP contribution in [0.15, 0.2) is 42.5 Å². The number of hydrogen-bond donors (Lipinski definition) is 3. The third-order valence-corrected chi connectivity index (χ3v) is 8.39. The molecule has 3 aliphatic rings. The Morgan fingerprint density at radius 2 is 1.95 bits per heavy atom. The molecule has 1 atom stereocenters. The molecule has 5 rings (SSSR count). The lowest BCUT2D eigenvalue weighted by molar-refractivity contribution is -0.143. The molecule has 0 radical (unpaired) electrons. The lowest BCUT2D eigenvalue weighted by Crippen LogP contribution is -2.45. The van der Waals surface area contributed by atoms with Gasteiger partial charge in [-0.05, 0) is 87.3 Å². The van der Waals surface area contributed by atoms with E-state index in [-0.39, 0.29) is 12.0 Å². The van der Waals surface area contributed by atoms with E-state index in [0.717, 1.165) is 75.8 Å². The van der Waals surface area contributed by atoms with Crippen LogP contribution in [0.5, 0.6) is 0 Å². The molecular weight excluding hydrogens is 466 g/mol. The highest BCUT2D eigenvalue weighted by molar-refractivity contribution is 5.89. The Labute approximate surface area is 219 Å². The van der Waals surface area contributed by atoms with Crippen LogP contribution in [-0.4, -0.2) is 47.3 Å². The number of carboxylic acid groups (broad SMARTS) is 1. The van der Waals surface area contributed by atoms with E-state index in [4.69, 9.17) is 9.72 Å². The minimum Gasteiger partial charge on any atom is -0.480 e. The number of ether oxygens (including phenoxy) is 1. The summed E-state index contributed by atoms with van der Waals surface area (Å²) < 4.78 is 5.96. The number of amides is 1. The van der Waals surface area contributed by atoms with Crippen molar-refractivity contribution >= 4 is 17.7 Å². The van der Waals surface area contributed by atoms with E-state index in [1.54, 1.807) is 0 Å². The summed E-state index contributed by atoms with van der Waals surface area (Å²) in [6.45, 7) is 1.36. The summed E-state index contributed by atoms with van der Waals surface area (Å²) >= 11 is 0. The van der Waals surface area contributed by atoms with Gasteiger partial charge in [-0.3, -0.25) is 4.79 Å². The largest absolute Gasteiger partial charge is 0.480 e. The summed E-state index contributed by atoms with van der Waals surface area (Å²) in [6, 6.07) is 13.6. The van der Waals surface area contributed by atoms with Crippen molar-refractivity contribution in [3.63, 3.8) is 0 Å². The van der Waals surface area contributed by atoms with E-state index in [2.05, 4.69) is 34.9 Å². The number of carbonyl (C=O) groups is 2. The predicted octanol–water partition coefficient (Wildman–Crippen LogP) is 4.54. The molecule has 0 unspecified atom stereocenters. The van der Waals surface area contributed by atoms with E-state index in [0.29, 0.717) is 18.9 Å². The molecule has 0 saturated heterocycles. The molecule has 1 aromatic heterocycles. The lowest BCUT2D eigenvalue weighted by atomic mass is 9.79. The van der Waals surface area contributed by atoms with E-state index in [9.17, 15) is 14.7 Å². The average Bonchev–Trinajstić information content (AvgIpc) is 3.69. The zero-order valence-electron chi connectivity index (χ0n) is 21.6. The summed E-state index contributed by atoms with van der Waals surface area (Å²) in [7, 11) is 0. The maximum atomic E-state index is 12.9. The van der Waals surface area contributed by atoms with Gasteiger partial charge >= 0.3 is 5.97 Å². The van der Waals surface area contributed by atoms with Crippen LogP contribution in [0, 0.1) is 11.3 Å². The number of carbonyl (C=O) groups excluding carboxylic acids is 1. The highest BCUT2D eigenvalue weighted by Crippen LogP contribution is 2.49. The van der Waals surface area contributed by atoms with Crippen LogP contribution in [0.2, 0.25) is 0 Å². The molecule has 2 aliphatic carbocycles. The number of fused-ring (bicyclic) bond motifs is 1. The Balaban J connectivity index is 0.990. The fourth-order valence-corrected chi connectivity index (χ4v) is 5.60. The number of aliphatic carboxylic acids is 1. The van der Waals surface area contributed by atoms with Crippen LogP contribution < -0.4 is 10.6 Å². The smallest absolute Gasteiger partial charge is 0.326 e. The van der Waals surface area contributed by atoms with Gasteiger partial charge in [0, 0.05) is 30.7 Å². The number of rotatable bonds is 13. The van der Waals surface area contributed by atoms with Gasteiger partial charge in [-0.25, -0.2) is 9.78 Å². The summed E-state index contributed by atoms with van der Waals surface area (Å²) in [6.07, 6.45) is 10.1. The zero-order chi connectivity index (χ0) is 25.7. The quantitative estimate of drug-likeness (QED) is 0.370. The van der Waals surface area contributed by atoms with Crippen molar-refractivity contribution in [2.24, 2.45) is 11.3 Å². The number of pyridine rings is 1. The molecular formula is C30H39N3O4. The molecule has 2 heterocycles. The molecule has 1 aromatic carbocycles. The molecule has 37 heavy (non-hydrogen) atoms. The molecule has 1 aliphatic heterocycles. The van der Waals surface area contributed by atoms with Crippen molar-refractivity contribution in [3.8, 4) is 0 Å². The van der Waals surface area contributed by atoms with Gasteiger partial charge < -0.3 is 20.5 Å². The summed E-state index contributed by atoms with van der Waals surface area (Å²) in [4.78, 5) is 29.5. The second kappa shape index (κ2) is 11.6. The highest BCUT2D eigenvalue weighted by Gasteiger charge is 2.49. The molecule has 0 spiro atoms. The normalized spacial score (nSPS) is 22.2. The van der Waals surface area contributed by atoms with Gasteiger partial charge in [-0.2, -0.15) is 0 Å². The van der Waals surface area contributed by atoms with Crippen LogP contribution in [0.3, 0.4) is 0 Å². The molecule has 2 fully saturated rings. The number of benzene rings is 1. The van der Waals surface area contributed by atoms with Gasteiger partial charge in [-0.15, -0.1) is 0 Å². The SMILES string of the molecule is O=C(O)[C@H](CCOC1CC(CCc2ccc3c(n2)NCCC3)C1)NC(=O)C1(CCc2ccccc2)CC1. The fraction of sp³-hybridized carbons (Fsp3) is 0.567. The molecule has 0 bridgehead atoms.